The number of rotatable bonds is 4. The van der Waals surface area contributed by atoms with E-state index in [-0.39, 0.29) is 5.97 Å². The summed E-state index contributed by atoms with van der Waals surface area (Å²) in [5, 5.41) is 0. The Labute approximate surface area is 94.4 Å². The van der Waals surface area contributed by atoms with E-state index in [1.807, 2.05) is 6.07 Å². The van der Waals surface area contributed by atoms with Gasteiger partial charge in [0.15, 0.2) is 0 Å². The minimum absolute atomic E-state index is 0.286. The zero-order chi connectivity index (χ0) is 11.4. The minimum Gasteiger partial charge on any atom is -0.462 e. The Morgan fingerprint density at radius 3 is 2.56 bits per heavy atom. The molecule has 1 aromatic rings. The molecule has 0 radical (unpaired) electrons. The highest BCUT2D eigenvalue weighted by Crippen LogP contribution is 2.25. The number of ketones is 1. The second-order valence-electron chi connectivity index (χ2n) is 4.10. The van der Waals surface area contributed by atoms with Gasteiger partial charge in [-0.3, -0.25) is 4.79 Å². The van der Waals surface area contributed by atoms with E-state index in [2.05, 4.69) is 0 Å². The molecule has 84 valence electrons. The fourth-order valence-corrected chi connectivity index (χ4v) is 1.76. The standard InChI is InChI=1S/C13H14O3/c14-12-8-10(9-12)6-7-16-13(15)11-4-2-1-3-5-11/h1-5,10H,6-9H2. The Kier molecular flexibility index (Phi) is 3.34. The minimum atomic E-state index is -0.286. The van der Waals surface area contributed by atoms with Gasteiger partial charge in [0.2, 0.25) is 0 Å². The van der Waals surface area contributed by atoms with E-state index in [1.54, 1.807) is 24.3 Å². The van der Waals surface area contributed by atoms with Gasteiger partial charge in [0.25, 0.3) is 0 Å². The summed E-state index contributed by atoms with van der Waals surface area (Å²) < 4.78 is 5.12. The maximum absolute atomic E-state index is 11.5. The lowest BCUT2D eigenvalue weighted by Crippen LogP contribution is -2.24. The lowest BCUT2D eigenvalue weighted by atomic mass is 9.82. The quantitative estimate of drug-likeness (QED) is 0.728. The Balaban J connectivity index is 1.70. The zero-order valence-corrected chi connectivity index (χ0v) is 9.02. The van der Waals surface area contributed by atoms with Crippen molar-refractivity contribution in [2.75, 3.05) is 6.61 Å². The second-order valence-corrected chi connectivity index (χ2v) is 4.10. The van der Waals surface area contributed by atoms with Crippen molar-refractivity contribution < 1.29 is 14.3 Å². The summed E-state index contributed by atoms with van der Waals surface area (Å²) in [7, 11) is 0. The third-order valence-corrected chi connectivity index (χ3v) is 2.80. The van der Waals surface area contributed by atoms with Crippen molar-refractivity contribution in [3.05, 3.63) is 35.9 Å². The van der Waals surface area contributed by atoms with E-state index in [9.17, 15) is 9.59 Å². The average molecular weight is 218 g/mol. The van der Waals surface area contributed by atoms with Gasteiger partial charge in [-0.25, -0.2) is 4.79 Å². The highest BCUT2D eigenvalue weighted by molar-refractivity contribution is 5.89. The Hall–Kier alpha value is -1.64. The van der Waals surface area contributed by atoms with E-state index in [0.29, 0.717) is 36.7 Å². The molecule has 16 heavy (non-hydrogen) atoms. The summed E-state index contributed by atoms with van der Waals surface area (Å²) >= 11 is 0. The third-order valence-electron chi connectivity index (χ3n) is 2.80. The highest BCUT2D eigenvalue weighted by atomic mass is 16.5. The van der Waals surface area contributed by atoms with Crippen LogP contribution >= 0.6 is 0 Å². The molecule has 0 heterocycles. The van der Waals surface area contributed by atoms with Crippen molar-refractivity contribution in [1.29, 1.82) is 0 Å². The van der Waals surface area contributed by atoms with E-state index in [4.69, 9.17) is 4.74 Å². The number of carbonyl (C=O) groups is 2. The first-order valence-corrected chi connectivity index (χ1v) is 5.49. The molecule has 1 aliphatic carbocycles. The van der Waals surface area contributed by atoms with E-state index < -0.39 is 0 Å². The van der Waals surface area contributed by atoms with Crippen LogP contribution in [-0.2, 0) is 9.53 Å². The van der Waals surface area contributed by atoms with Gasteiger partial charge in [-0.1, -0.05) is 18.2 Å². The van der Waals surface area contributed by atoms with Gasteiger partial charge in [0, 0.05) is 12.8 Å². The summed E-state index contributed by atoms with van der Waals surface area (Å²) in [5.74, 6) is 0.460. The normalized spacial score (nSPS) is 15.6. The van der Waals surface area contributed by atoms with Crippen LogP contribution in [0.25, 0.3) is 0 Å². The Morgan fingerprint density at radius 1 is 1.25 bits per heavy atom. The second kappa shape index (κ2) is 4.92. The average Bonchev–Trinajstić information content (AvgIpc) is 2.27. The molecular formula is C13H14O3. The van der Waals surface area contributed by atoms with Crippen LogP contribution in [0, 0.1) is 5.92 Å². The first-order chi connectivity index (χ1) is 7.75. The number of esters is 1. The molecule has 3 nitrogen and oxygen atoms in total. The summed E-state index contributed by atoms with van der Waals surface area (Å²) in [6, 6.07) is 8.93. The fourth-order valence-electron chi connectivity index (χ4n) is 1.76. The number of carbonyl (C=O) groups excluding carboxylic acids is 2. The van der Waals surface area contributed by atoms with Crippen LogP contribution < -0.4 is 0 Å². The topological polar surface area (TPSA) is 43.4 Å². The predicted molar refractivity (Wildman–Crippen MR) is 59.1 cm³/mol. The summed E-state index contributed by atoms with van der Waals surface area (Å²) in [5.41, 5.74) is 0.576. The van der Waals surface area contributed by atoms with Gasteiger partial charge >= 0.3 is 5.97 Å². The van der Waals surface area contributed by atoms with Crippen molar-refractivity contribution >= 4 is 11.8 Å². The molecule has 2 rings (SSSR count). The van der Waals surface area contributed by atoms with Crippen molar-refractivity contribution in [2.45, 2.75) is 19.3 Å². The van der Waals surface area contributed by atoms with Gasteiger partial charge < -0.3 is 4.74 Å². The number of benzene rings is 1. The molecule has 1 fully saturated rings. The number of Topliss-reactive ketones (excluding diaryl/α,β-unsaturated/α-hetero) is 1. The maximum Gasteiger partial charge on any atom is 0.338 e. The fraction of sp³-hybridized carbons (Fsp3) is 0.385. The molecule has 1 aromatic carbocycles. The van der Waals surface area contributed by atoms with Gasteiger partial charge in [0.05, 0.1) is 12.2 Å². The first kappa shape index (κ1) is 10.9. The molecular weight excluding hydrogens is 204 g/mol. The molecule has 1 aliphatic rings. The SMILES string of the molecule is O=C1CC(CCOC(=O)c2ccccc2)C1. The molecule has 1 saturated carbocycles. The Bertz CT molecular complexity index is 375. The number of hydrogen-bond donors (Lipinski definition) is 0. The first-order valence-electron chi connectivity index (χ1n) is 5.49. The van der Waals surface area contributed by atoms with Crippen molar-refractivity contribution in [1.82, 2.24) is 0 Å². The molecule has 0 aromatic heterocycles. The van der Waals surface area contributed by atoms with Crippen molar-refractivity contribution in [3.8, 4) is 0 Å². The smallest absolute Gasteiger partial charge is 0.338 e. The van der Waals surface area contributed by atoms with Crippen LogP contribution in [0.5, 0.6) is 0 Å². The summed E-state index contributed by atoms with van der Waals surface area (Å²) in [4.78, 5) is 22.2. The van der Waals surface area contributed by atoms with Crippen LogP contribution in [0.3, 0.4) is 0 Å². The molecule has 3 heteroatoms. The van der Waals surface area contributed by atoms with Gasteiger partial charge in [-0.15, -0.1) is 0 Å². The highest BCUT2D eigenvalue weighted by Gasteiger charge is 2.26. The summed E-state index contributed by atoms with van der Waals surface area (Å²) in [6.45, 7) is 0.408. The maximum atomic E-state index is 11.5. The molecule has 0 atom stereocenters. The van der Waals surface area contributed by atoms with Gasteiger partial charge in [0.1, 0.15) is 5.78 Å². The van der Waals surface area contributed by atoms with Gasteiger partial charge in [-0.05, 0) is 24.5 Å². The van der Waals surface area contributed by atoms with Crippen LogP contribution in [-0.4, -0.2) is 18.4 Å². The van der Waals surface area contributed by atoms with Crippen LogP contribution in [0.4, 0.5) is 0 Å². The van der Waals surface area contributed by atoms with Crippen LogP contribution in [0.2, 0.25) is 0 Å². The van der Waals surface area contributed by atoms with Crippen molar-refractivity contribution in [2.24, 2.45) is 5.92 Å². The van der Waals surface area contributed by atoms with Gasteiger partial charge in [-0.2, -0.15) is 0 Å². The summed E-state index contributed by atoms with van der Waals surface area (Å²) in [6.07, 6.45) is 2.11. The molecule has 0 aliphatic heterocycles. The Morgan fingerprint density at radius 2 is 1.94 bits per heavy atom. The molecule has 0 unspecified atom stereocenters. The van der Waals surface area contributed by atoms with Crippen molar-refractivity contribution in [3.63, 3.8) is 0 Å². The number of ether oxygens (including phenoxy) is 1. The lowest BCUT2D eigenvalue weighted by molar-refractivity contribution is -0.127. The van der Waals surface area contributed by atoms with E-state index in [0.717, 1.165) is 6.42 Å². The molecule has 0 N–H and O–H groups in total. The zero-order valence-electron chi connectivity index (χ0n) is 9.02. The van der Waals surface area contributed by atoms with Crippen LogP contribution in [0.15, 0.2) is 30.3 Å². The lowest BCUT2D eigenvalue weighted by Gasteiger charge is -2.23. The third kappa shape index (κ3) is 2.69. The molecule has 0 saturated heterocycles. The van der Waals surface area contributed by atoms with E-state index in [1.165, 1.54) is 0 Å². The predicted octanol–water partition coefficient (Wildman–Crippen LogP) is 2.21. The molecule has 0 amide bonds. The molecule has 0 spiro atoms. The molecule has 0 bridgehead atoms. The number of hydrogen-bond acceptors (Lipinski definition) is 3. The van der Waals surface area contributed by atoms with Crippen LogP contribution in [0.1, 0.15) is 29.6 Å². The monoisotopic (exact) mass is 218 g/mol. The largest absolute Gasteiger partial charge is 0.462 e. The van der Waals surface area contributed by atoms with E-state index >= 15 is 0 Å².